The quantitative estimate of drug-likeness (QED) is 0.673. The number of aldehydes is 1. The molecule has 6 heteroatoms. The van der Waals surface area contributed by atoms with Crippen LogP contribution in [0.25, 0.3) is 11.0 Å². The minimum Gasteiger partial charge on any atom is -0.324 e. The van der Waals surface area contributed by atoms with Crippen molar-refractivity contribution in [3.63, 3.8) is 0 Å². The van der Waals surface area contributed by atoms with Crippen LogP contribution in [0.1, 0.15) is 30.0 Å². The number of carbonyl (C=O) groups excluding carboxylic acids is 1. The molecule has 0 aliphatic carbocycles. The van der Waals surface area contributed by atoms with Crippen LogP contribution >= 0.6 is 0 Å². The van der Waals surface area contributed by atoms with Gasteiger partial charge in [0.2, 0.25) is 0 Å². The third-order valence-electron chi connectivity index (χ3n) is 3.34. The first-order chi connectivity index (χ1) is 10.2. The van der Waals surface area contributed by atoms with Crippen molar-refractivity contribution >= 4 is 17.3 Å². The van der Waals surface area contributed by atoms with Crippen LogP contribution < -0.4 is 0 Å². The fourth-order valence-corrected chi connectivity index (χ4v) is 2.43. The summed E-state index contributed by atoms with van der Waals surface area (Å²) in [6.45, 7) is 5.65. The van der Waals surface area contributed by atoms with E-state index in [9.17, 15) is 4.79 Å². The Balaban J connectivity index is 1.99. The van der Waals surface area contributed by atoms with E-state index in [1.165, 1.54) is 0 Å². The molecule has 3 aromatic rings. The molecule has 0 spiro atoms. The van der Waals surface area contributed by atoms with Crippen molar-refractivity contribution in [2.45, 2.75) is 26.9 Å². The van der Waals surface area contributed by atoms with Crippen LogP contribution in [0.3, 0.4) is 0 Å². The van der Waals surface area contributed by atoms with Crippen molar-refractivity contribution < 1.29 is 4.79 Å². The zero-order valence-electron chi connectivity index (χ0n) is 12.1. The number of nitrogens with zero attached hydrogens (tertiary/aromatic N) is 5. The first-order valence-electron chi connectivity index (χ1n) is 6.94. The van der Waals surface area contributed by atoms with Gasteiger partial charge in [0.1, 0.15) is 17.8 Å². The number of rotatable bonds is 5. The van der Waals surface area contributed by atoms with Gasteiger partial charge in [0.15, 0.2) is 6.29 Å². The Morgan fingerprint density at radius 1 is 1.33 bits per heavy atom. The lowest BCUT2D eigenvalue weighted by molar-refractivity contribution is 0.112. The van der Waals surface area contributed by atoms with Crippen LogP contribution in [-0.2, 0) is 13.1 Å². The highest BCUT2D eigenvalue weighted by molar-refractivity contribution is 5.95. The lowest BCUT2D eigenvalue weighted by atomic mass is 10.2. The fourth-order valence-electron chi connectivity index (χ4n) is 2.43. The highest BCUT2D eigenvalue weighted by Gasteiger charge is 2.12. The third kappa shape index (κ3) is 2.56. The fraction of sp³-hybridized carbons (Fsp3) is 0.333. The minimum atomic E-state index is 0.496. The molecular weight excluding hydrogens is 266 g/mol. The highest BCUT2D eigenvalue weighted by Crippen LogP contribution is 2.18. The summed E-state index contributed by atoms with van der Waals surface area (Å²) in [4.78, 5) is 19.9. The van der Waals surface area contributed by atoms with Gasteiger partial charge in [-0.1, -0.05) is 13.8 Å². The summed E-state index contributed by atoms with van der Waals surface area (Å²) in [5.41, 5.74) is 1.44. The molecule has 0 atom stereocenters. The van der Waals surface area contributed by atoms with E-state index >= 15 is 0 Å². The maximum atomic E-state index is 11.2. The molecular formula is C15H17N5O. The first-order valence-corrected chi connectivity index (χ1v) is 6.94. The highest BCUT2D eigenvalue weighted by atomic mass is 16.1. The van der Waals surface area contributed by atoms with Gasteiger partial charge < -0.3 is 4.57 Å². The van der Waals surface area contributed by atoms with Gasteiger partial charge in [-0.15, -0.1) is 0 Å². The molecule has 0 radical (unpaired) electrons. The van der Waals surface area contributed by atoms with Gasteiger partial charge in [0, 0.05) is 29.9 Å². The van der Waals surface area contributed by atoms with Crippen molar-refractivity contribution in [3.05, 3.63) is 42.2 Å². The summed E-state index contributed by atoms with van der Waals surface area (Å²) in [5, 5.41) is 5.13. The third-order valence-corrected chi connectivity index (χ3v) is 3.34. The van der Waals surface area contributed by atoms with E-state index < -0.39 is 0 Å². The number of pyridine rings is 1. The molecule has 0 saturated carbocycles. The number of hydrogen-bond acceptors (Lipinski definition) is 4. The normalized spacial score (nSPS) is 11.4. The molecule has 0 bridgehead atoms. The second-order valence-corrected chi connectivity index (χ2v) is 5.46. The van der Waals surface area contributed by atoms with Gasteiger partial charge in [-0.2, -0.15) is 5.10 Å². The summed E-state index contributed by atoms with van der Waals surface area (Å²) in [5.74, 6) is 1.36. The molecule has 0 N–H and O–H groups in total. The molecule has 0 saturated heterocycles. The van der Waals surface area contributed by atoms with Crippen LogP contribution in [0.4, 0.5) is 0 Å². The van der Waals surface area contributed by atoms with Crippen LogP contribution in [-0.4, -0.2) is 30.6 Å². The molecule has 21 heavy (non-hydrogen) atoms. The summed E-state index contributed by atoms with van der Waals surface area (Å²) in [6, 6.07) is 3.74. The monoisotopic (exact) mass is 283 g/mol. The maximum absolute atomic E-state index is 11.2. The average Bonchev–Trinajstić information content (AvgIpc) is 3.04. The van der Waals surface area contributed by atoms with Gasteiger partial charge in [-0.3, -0.25) is 4.79 Å². The van der Waals surface area contributed by atoms with Gasteiger partial charge in [0.25, 0.3) is 0 Å². The smallest absolute Gasteiger partial charge is 0.152 e. The lowest BCUT2D eigenvalue weighted by Crippen LogP contribution is -2.13. The predicted molar refractivity (Wildman–Crippen MR) is 79.1 cm³/mol. The predicted octanol–water partition coefficient (Wildman–Crippen LogP) is 2.14. The number of aromatic nitrogens is 5. The van der Waals surface area contributed by atoms with Crippen LogP contribution in [0, 0.1) is 5.92 Å². The Labute approximate surface area is 122 Å². The van der Waals surface area contributed by atoms with E-state index in [0.29, 0.717) is 18.0 Å². The van der Waals surface area contributed by atoms with Crippen molar-refractivity contribution in [1.82, 2.24) is 24.3 Å². The zero-order chi connectivity index (χ0) is 14.8. The van der Waals surface area contributed by atoms with E-state index in [2.05, 4.69) is 28.9 Å². The summed E-state index contributed by atoms with van der Waals surface area (Å²) in [7, 11) is 0. The molecule has 0 amide bonds. The van der Waals surface area contributed by atoms with Gasteiger partial charge in [0.05, 0.1) is 6.54 Å². The largest absolute Gasteiger partial charge is 0.324 e. The minimum absolute atomic E-state index is 0.496. The topological polar surface area (TPSA) is 65.6 Å². The van der Waals surface area contributed by atoms with Crippen LogP contribution in [0.15, 0.2) is 30.9 Å². The van der Waals surface area contributed by atoms with E-state index in [4.69, 9.17) is 0 Å². The maximum Gasteiger partial charge on any atom is 0.152 e. The van der Waals surface area contributed by atoms with Crippen molar-refractivity contribution in [3.8, 4) is 0 Å². The summed E-state index contributed by atoms with van der Waals surface area (Å²) >= 11 is 0. The van der Waals surface area contributed by atoms with Crippen molar-refractivity contribution in [2.24, 2.45) is 5.92 Å². The molecule has 0 aromatic carbocycles. The Bertz CT molecular complexity index is 771. The second-order valence-electron chi connectivity index (χ2n) is 5.46. The molecule has 3 heterocycles. The number of carbonyl (C=O) groups is 1. The van der Waals surface area contributed by atoms with Gasteiger partial charge in [-0.05, 0) is 18.1 Å². The summed E-state index contributed by atoms with van der Waals surface area (Å²) < 4.78 is 3.85. The number of fused-ring (bicyclic) bond motifs is 1. The SMILES string of the molecule is CC(C)Cn1ncnc1Cn1cc(C=O)c2cccnc21. The van der Waals surface area contributed by atoms with E-state index in [1.807, 2.05) is 27.6 Å². The van der Waals surface area contributed by atoms with Crippen LogP contribution in [0.2, 0.25) is 0 Å². The molecule has 3 rings (SSSR count). The van der Waals surface area contributed by atoms with Crippen molar-refractivity contribution in [1.29, 1.82) is 0 Å². The van der Waals surface area contributed by atoms with Gasteiger partial charge >= 0.3 is 0 Å². The number of hydrogen-bond donors (Lipinski definition) is 0. The van der Waals surface area contributed by atoms with E-state index in [-0.39, 0.29) is 0 Å². The van der Waals surface area contributed by atoms with Crippen LogP contribution in [0.5, 0.6) is 0 Å². The molecule has 108 valence electrons. The molecule has 0 aliphatic rings. The second kappa shape index (κ2) is 5.47. The summed E-state index contributed by atoms with van der Waals surface area (Å²) in [6.07, 6.45) is 5.97. The average molecular weight is 283 g/mol. The molecule has 0 unspecified atom stereocenters. The molecule has 0 fully saturated rings. The van der Waals surface area contributed by atoms with E-state index in [0.717, 1.165) is 29.7 Å². The zero-order valence-corrected chi connectivity index (χ0v) is 12.1. The van der Waals surface area contributed by atoms with Crippen molar-refractivity contribution in [2.75, 3.05) is 0 Å². The lowest BCUT2D eigenvalue weighted by Gasteiger charge is -2.09. The Hall–Kier alpha value is -2.50. The Kier molecular flexibility index (Phi) is 3.51. The van der Waals surface area contributed by atoms with Gasteiger partial charge in [-0.25, -0.2) is 14.6 Å². The van der Waals surface area contributed by atoms with E-state index in [1.54, 1.807) is 12.5 Å². The molecule has 3 aromatic heterocycles. The standard InChI is InChI=1S/C15H17N5O/c1-11(2)6-20-14(17-10-18-20)8-19-7-12(9-21)13-4-3-5-16-15(13)19/h3-5,7,9-11H,6,8H2,1-2H3. The Morgan fingerprint density at radius 3 is 2.95 bits per heavy atom. The molecule has 0 aliphatic heterocycles. The molecule has 6 nitrogen and oxygen atoms in total. The Morgan fingerprint density at radius 2 is 2.19 bits per heavy atom. The first kappa shape index (κ1) is 13.5.